The molecule has 0 rings (SSSR count). The molecule has 0 amide bonds. The second kappa shape index (κ2) is 13.9. The van der Waals surface area contributed by atoms with E-state index in [0.29, 0.717) is 0 Å². The molecule has 0 aliphatic carbocycles. The Morgan fingerprint density at radius 2 is 1.17 bits per heavy atom. The standard InChI is InChI=1S/C6H8O7.C4H6O5.2Zn/c7-3(8)1-6(13,5(11)12)2-4(9)10;5-2(4(8)9)1-3(6)7;;/h13H,1-2H2,(H,7,8)(H,9,10)(H,11,12);2,5H,1H2,(H,6,7)(H,8,9);;/q;;2*+2/p-4. The summed E-state index contributed by atoms with van der Waals surface area (Å²) in [6, 6.07) is 0. The minimum atomic E-state index is -2.86. The van der Waals surface area contributed by atoms with Crippen LogP contribution in [0.1, 0.15) is 19.3 Å². The monoisotopic (exact) mass is 450 g/mol. The first-order valence-electron chi connectivity index (χ1n) is 5.26. The molecule has 0 saturated carbocycles. The van der Waals surface area contributed by atoms with Gasteiger partial charge in [-0.05, 0) is 0 Å². The quantitative estimate of drug-likeness (QED) is 0.291. The number of carboxylic acids is 5. The van der Waals surface area contributed by atoms with Gasteiger partial charge in [0.2, 0.25) is 0 Å². The summed E-state index contributed by atoms with van der Waals surface area (Å²) in [5.74, 6) is -9.08. The van der Waals surface area contributed by atoms with Crippen LogP contribution in [0.3, 0.4) is 0 Å². The number of hydrogen-bond acceptors (Lipinski definition) is 11. The van der Waals surface area contributed by atoms with Crippen LogP contribution in [-0.2, 0) is 62.9 Å². The molecule has 0 aromatic heterocycles. The molecule has 3 N–H and O–H groups in total. The van der Waals surface area contributed by atoms with E-state index in [2.05, 4.69) is 0 Å². The molecular weight excluding hydrogens is 443 g/mol. The summed E-state index contributed by atoms with van der Waals surface area (Å²) in [7, 11) is 0. The Bertz CT molecular complexity index is 447. The number of aliphatic hydroxyl groups excluding tert-OH is 1. The number of hydrogen-bond donors (Lipinski definition) is 3. The average Bonchev–Trinajstić information content (AvgIpc) is 2.25. The van der Waals surface area contributed by atoms with Gasteiger partial charge in [0.25, 0.3) is 0 Å². The third-order valence-electron chi connectivity index (χ3n) is 1.90. The zero-order chi connectivity index (χ0) is 18.1. The first kappa shape index (κ1) is 30.4. The van der Waals surface area contributed by atoms with Crippen LogP contribution in [-0.4, -0.2) is 56.9 Å². The molecule has 0 aromatic carbocycles. The summed E-state index contributed by atoms with van der Waals surface area (Å²) < 4.78 is 0. The average molecular weight is 453 g/mol. The Balaban J connectivity index is -0.000000162. The SMILES string of the molecule is O=C([O-])CC(O)(CC(=O)[O-])C(=O)O.O=C([O-])CC(O)C(=O)[O-].[Zn+2].[Zn+2]. The van der Waals surface area contributed by atoms with Gasteiger partial charge in [-0.15, -0.1) is 0 Å². The summed E-state index contributed by atoms with van der Waals surface area (Å²) in [4.78, 5) is 49.3. The molecule has 0 heterocycles. The van der Waals surface area contributed by atoms with Crippen molar-refractivity contribution in [2.24, 2.45) is 0 Å². The van der Waals surface area contributed by atoms with Crippen LogP contribution >= 0.6 is 0 Å². The van der Waals surface area contributed by atoms with Crippen molar-refractivity contribution in [2.45, 2.75) is 31.0 Å². The number of carbonyl (C=O) groups excluding carboxylic acids is 4. The minimum absolute atomic E-state index is 0. The van der Waals surface area contributed by atoms with E-state index in [4.69, 9.17) is 15.3 Å². The van der Waals surface area contributed by atoms with Crippen LogP contribution < -0.4 is 20.4 Å². The molecule has 1 unspecified atom stereocenters. The Morgan fingerprint density at radius 3 is 1.29 bits per heavy atom. The van der Waals surface area contributed by atoms with E-state index in [1.165, 1.54) is 0 Å². The molecule has 0 aromatic rings. The van der Waals surface area contributed by atoms with Gasteiger partial charge in [0.05, 0.1) is 12.1 Å². The van der Waals surface area contributed by atoms with Gasteiger partial charge >= 0.3 is 44.9 Å². The minimum Gasteiger partial charge on any atom is -0.550 e. The topological polar surface area (TPSA) is 238 Å². The van der Waals surface area contributed by atoms with Crippen molar-refractivity contribution >= 4 is 29.8 Å². The van der Waals surface area contributed by atoms with Crippen LogP contribution in [0.5, 0.6) is 0 Å². The van der Waals surface area contributed by atoms with E-state index in [1.807, 2.05) is 0 Å². The van der Waals surface area contributed by atoms with Gasteiger partial charge in [0.1, 0.15) is 0 Å². The van der Waals surface area contributed by atoms with Crippen molar-refractivity contribution in [1.82, 2.24) is 0 Å². The van der Waals surface area contributed by atoms with Gasteiger partial charge < -0.3 is 54.9 Å². The number of carboxylic acid groups (broad SMARTS) is 5. The van der Waals surface area contributed by atoms with Crippen molar-refractivity contribution in [3.05, 3.63) is 0 Å². The first-order chi connectivity index (χ1) is 9.81. The molecule has 0 saturated heterocycles. The molecule has 14 heteroatoms. The van der Waals surface area contributed by atoms with Gasteiger partial charge in [0.15, 0.2) is 5.60 Å². The Hall–Kier alpha value is -1.48. The van der Waals surface area contributed by atoms with Crippen LogP contribution in [0.2, 0.25) is 0 Å². The molecule has 0 radical (unpaired) electrons. The predicted octanol–water partition coefficient (Wildman–Crippen LogP) is -7.69. The van der Waals surface area contributed by atoms with Gasteiger partial charge in [0, 0.05) is 37.2 Å². The van der Waals surface area contributed by atoms with Crippen LogP contribution in [0, 0.1) is 0 Å². The van der Waals surface area contributed by atoms with E-state index in [-0.39, 0.29) is 39.0 Å². The molecule has 126 valence electrons. The van der Waals surface area contributed by atoms with Crippen LogP contribution in [0.15, 0.2) is 0 Å². The molecule has 0 aliphatic heterocycles. The van der Waals surface area contributed by atoms with Crippen LogP contribution in [0.4, 0.5) is 0 Å². The van der Waals surface area contributed by atoms with Gasteiger partial charge in [-0.3, -0.25) is 0 Å². The second-order valence-corrected chi connectivity index (χ2v) is 3.85. The molecule has 12 nitrogen and oxygen atoms in total. The Kier molecular flexibility index (Phi) is 17.6. The fourth-order valence-electron chi connectivity index (χ4n) is 0.932. The smallest absolute Gasteiger partial charge is 0.550 e. The summed E-state index contributed by atoms with van der Waals surface area (Å²) in [5.41, 5.74) is -2.86. The van der Waals surface area contributed by atoms with E-state index in [9.17, 15) is 44.4 Å². The Labute approximate surface area is 159 Å². The third kappa shape index (κ3) is 15.4. The van der Waals surface area contributed by atoms with E-state index in [0.717, 1.165) is 0 Å². The van der Waals surface area contributed by atoms with Crippen LogP contribution in [0.25, 0.3) is 0 Å². The molecule has 0 fully saturated rings. The van der Waals surface area contributed by atoms with E-state index < -0.39 is 60.8 Å². The van der Waals surface area contributed by atoms with E-state index >= 15 is 0 Å². The van der Waals surface area contributed by atoms with E-state index in [1.54, 1.807) is 0 Å². The van der Waals surface area contributed by atoms with Crippen molar-refractivity contribution in [3.63, 3.8) is 0 Å². The summed E-state index contributed by atoms with van der Waals surface area (Å²) >= 11 is 0. The summed E-state index contributed by atoms with van der Waals surface area (Å²) in [5, 5.41) is 64.5. The zero-order valence-corrected chi connectivity index (χ0v) is 18.1. The largest absolute Gasteiger partial charge is 2.00 e. The van der Waals surface area contributed by atoms with Crippen molar-refractivity contribution in [2.75, 3.05) is 0 Å². The molecular formula is C10H10O12Zn2. The maximum atomic E-state index is 10.3. The van der Waals surface area contributed by atoms with Crippen molar-refractivity contribution in [3.8, 4) is 0 Å². The normalized spacial score (nSPS) is 10.6. The molecule has 0 bridgehead atoms. The zero-order valence-electron chi connectivity index (χ0n) is 12.1. The first-order valence-corrected chi connectivity index (χ1v) is 5.26. The maximum Gasteiger partial charge on any atom is 2.00 e. The van der Waals surface area contributed by atoms with Gasteiger partial charge in [-0.25, -0.2) is 4.79 Å². The molecule has 1 atom stereocenters. The number of aliphatic carboxylic acids is 5. The number of carbonyl (C=O) groups is 5. The molecule has 0 aliphatic rings. The second-order valence-electron chi connectivity index (χ2n) is 3.85. The number of rotatable bonds is 8. The van der Waals surface area contributed by atoms with Gasteiger partial charge in [-0.2, -0.15) is 0 Å². The third-order valence-corrected chi connectivity index (χ3v) is 1.90. The predicted molar refractivity (Wildman–Crippen MR) is 52.5 cm³/mol. The summed E-state index contributed by atoms with van der Waals surface area (Å²) in [6.07, 6.45) is -5.48. The fraction of sp³-hybridized carbons (Fsp3) is 0.500. The number of aliphatic hydroxyl groups is 2. The maximum absolute atomic E-state index is 10.3. The van der Waals surface area contributed by atoms with Crippen molar-refractivity contribution < 1.29 is 98.7 Å². The molecule has 0 spiro atoms. The van der Waals surface area contributed by atoms with Crippen molar-refractivity contribution in [1.29, 1.82) is 0 Å². The molecule has 24 heavy (non-hydrogen) atoms. The summed E-state index contributed by atoms with van der Waals surface area (Å²) in [6.45, 7) is 0. The fourth-order valence-corrected chi connectivity index (χ4v) is 0.932. The van der Waals surface area contributed by atoms with Gasteiger partial charge in [-0.1, -0.05) is 0 Å². The Morgan fingerprint density at radius 1 is 0.833 bits per heavy atom.